The molecule has 0 aliphatic heterocycles. The molecule has 0 fully saturated rings. The molecule has 1 rings (SSSR count). The molecule has 2 N–H and O–H groups in total. The van der Waals surface area contributed by atoms with Crippen LogP contribution in [0.25, 0.3) is 0 Å². The summed E-state index contributed by atoms with van der Waals surface area (Å²) in [6.45, 7) is 9.35. The van der Waals surface area contributed by atoms with Crippen LogP contribution in [-0.2, 0) is 11.3 Å². The lowest BCUT2D eigenvalue weighted by molar-refractivity contribution is 0.128. The van der Waals surface area contributed by atoms with Gasteiger partial charge in [-0.05, 0) is 27.3 Å². The maximum Gasteiger partial charge on any atom is 0.158 e. The van der Waals surface area contributed by atoms with Crippen molar-refractivity contribution >= 4 is 11.6 Å². The van der Waals surface area contributed by atoms with Gasteiger partial charge < -0.3 is 20.3 Å². The summed E-state index contributed by atoms with van der Waals surface area (Å²) in [6.07, 6.45) is 1.16. The Morgan fingerprint density at radius 3 is 2.62 bits per heavy atom. The molecule has 120 valence electrons. The second-order valence-corrected chi connectivity index (χ2v) is 5.11. The summed E-state index contributed by atoms with van der Waals surface area (Å²) in [4.78, 5) is 11.2. The molecule has 0 spiro atoms. The van der Waals surface area contributed by atoms with E-state index in [9.17, 15) is 0 Å². The van der Waals surface area contributed by atoms with Crippen LogP contribution in [0.4, 0.5) is 11.6 Å². The summed E-state index contributed by atoms with van der Waals surface area (Å²) in [5.41, 5.74) is 0. The maximum absolute atomic E-state index is 5.37. The highest BCUT2D eigenvalue weighted by atomic mass is 16.5. The van der Waals surface area contributed by atoms with Crippen molar-refractivity contribution in [2.24, 2.45) is 0 Å². The van der Waals surface area contributed by atoms with Crippen molar-refractivity contribution in [1.82, 2.24) is 14.9 Å². The Bertz CT molecular complexity index is 413. The lowest BCUT2D eigenvalue weighted by Crippen LogP contribution is -2.32. The van der Waals surface area contributed by atoms with E-state index in [0.717, 1.165) is 31.1 Å². The zero-order chi connectivity index (χ0) is 15.7. The molecule has 6 nitrogen and oxygen atoms in total. The van der Waals surface area contributed by atoms with E-state index in [1.807, 2.05) is 20.0 Å². The van der Waals surface area contributed by atoms with Crippen LogP contribution in [0.1, 0.15) is 33.0 Å². The molecule has 0 aromatic carbocycles. The first-order valence-electron chi connectivity index (χ1n) is 7.68. The van der Waals surface area contributed by atoms with Gasteiger partial charge in [0, 0.05) is 38.9 Å². The van der Waals surface area contributed by atoms with Crippen molar-refractivity contribution in [3.8, 4) is 0 Å². The summed E-state index contributed by atoms with van der Waals surface area (Å²) < 4.78 is 5.37. The second kappa shape index (κ2) is 9.52. The first-order chi connectivity index (χ1) is 10.1. The molecular weight excluding hydrogens is 266 g/mol. The SMILES string of the molecule is CCOCc1nc(NC)cc(NCCN(C)C(C)CC)n1. The van der Waals surface area contributed by atoms with Gasteiger partial charge in [-0.1, -0.05) is 6.92 Å². The first kappa shape index (κ1) is 17.7. The standard InChI is InChI=1S/C15H29N5O/c1-6-12(3)20(5)9-8-17-14-10-13(16-4)18-15(19-14)11-21-7-2/h10,12H,6-9,11H2,1-5H3,(H2,16,17,18,19). The second-order valence-electron chi connectivity index (χ2n) is 5.11. The van der Waals surface area contributed by atoms with Gasteiger partial charge in [-0.3, -0.25) is 0 Å². The summed E-state index contributed by atoms with van der Waals surface area (Å²) in [7, 11) is 4.00. The number of rotatable bonds is 10. The third-order valence-electron chi connectivity index (χ3n) is 3.58. The van der Waals surface area contributed by atoms with Gasteiger partial charge in [0.25, 0.3) is 0 Å². The molecule has 0 amide bonds. The number of hydrogen-bond donors (Lipinski definition) is 2. The highest BCUT2D eigenvalue weighted by molar-refractivity contribution is 5.47. The molecule has 0 aliphatic carbocycles. The fourth-order valence-electron chi connectivity index (χ4n) is 1.87. The van der Waals surface area contributed by atoms with E-state index in [4.69, 9.17) is 4.74 Å². The number of ether oxygens (including phenoxy) is 1. The van der Waals surface area contributed by atoms with E-state index in [1.165, 1.54) is 0 Å². The number of aromatic nitrogens is 2. The quantitative estimate of drug-likeness (QED) is 0.690. The number of anilines is 2. The van der Waals surface area contributed by atoms with Crippen molar-refractivity contribution in [2.45, 2.75) is 39.8 Å². The average Bonchev–Trinajstić information content (AvgIpc) is 2.51. The summed E-state index contributed by atoms with van der Waals surface area (Å²) in [5.74, 6) is 2.33. The van der Waals surface area contributed by atoms with Gasteiger partial charge in [0.1, 0.15) is 18.2 Å². The monoisotopic (exact) mass is 295 g/mol. The Labute approximate surface area is 128 Å². The van der Waals surface area contributed by atoms with Crippen LogP contribution in [-0.4, -0.2) is 54.7 Å². The third-order valence-corrected chi connectivity index (χ3v) is 3.58. The van der Waals surface area contributed by atoms with Gasteiger partial charge in [0.2, 0.25) is 0 Å². The molecule has 1 aromatic heterocycles. The molecular formula is C15H29N5O. The maximum atomic E-state index is 5.37. The zero-order valence-corrected chi connectivity index (χ0v) is 13.9. The van der Waals surface area contributed by atoms with E-state index in [1.54, 1.807) is 0 Å². The van der Waals surface area contributed by atoms with Crippen LogP contribution in [0.15, 0.2) is 6.07 Å². The van der Waals surface area contributed by atoms with Crippen molar-refractivity contribution < 1.29 is 4.74 Å². The van der Waals surface area contributed by atoms with Gasteiger partial charge in [-0.15, -0.1) is 0 Å². The lowest BCUT2D eigenvalue weighted by atomic mass is 10.2. The molecule has 0 bridgehead atoms. The van der Waals surface area contributed by atoms with Crippen molar-refractivity contribution in [3.63, 3.8) is 0 Å². The Kier molecular flexibility index (Phi) is 8.00. The van der Waals surface area contributed by atoms with Crippen molar-refractivity contribution in [1.29, 1.82) is 0 Å². The van der Waals surface area contributed by atoms with Crippen LogP contribution in [0.2, 0.25) is 0 Å². The largest absolute Gasteiger partial charge is 0.374 e. The molecule has 6 heteroatoms. The topological polar surface area (TPSA) is 62.3 Å². The fraction of sp³-hybridized carbons (Fsp3) is 0.733. The third kappa shape index (κ3) is 6.27. The Morgan fingerprint density at radius 1 is 1.29 bits per heavy atom. The van der Waals surface area contributed by atoms with Crippen LogP contribution in [0, 0.1) is 0 Å². The molecule has 0 radical (unpaired) electrons. The predicted molar refractivity (Wildman–Crippen MR) is 87.8 cm³/mol. The van der Waals surface area contributed by atoms with Crippen molar-refractivity contribution in [2.75, 3.05) is 44.4 Å². The molecule has 21 heavy (non-hydrogen) atoms. The van der Waals surface area contributed by atoms with E-state index in [-0.39, 0.29) is 0 Å². The van der Waals surface area contributed by atoms with E-state index in [2.05, 4.69) is 46.4 Å². The first-order valence-corrected chi connectivity index (χ1v) is 7.68. The lowest BCUT2D eigenvalue weighted by Gasteiger charge is -2.23. The summed E-state index contributed by atoms with van der Waals surface area (Å²) >= 11 is 0. The minimum absolute atomic E-state index is 0.438. The van der Waals surface area contributed by atoms with Crippen LogP contribution in [0.5, 0.6) is 0 Å². The van der Waals surface area contributed by atoms with Crippen LogP contribution < -0.4 is 10.6 Å². The van der Waals surface area contributed by atoms with Gasteiger partial charge in [0.15, 0.2) is 5.82 Å². The molecule has 0 saturated heterocycles. The molecule has 0 aliphatic rings. The minimum atomic E-state index is 0.438. The number of nitrogens with zero attached hydrogens (tertiary/aromatic N) is 3. The van der Waals surface area contributed by atoms with Crippen molar-refractivity contribution in [3.05, 3.63) is 11.9 Å². The Morgan fingerprint density at radius 2 is 2.00 bits per heavy atom. The van der Waals surface area contributed by atoms with Gasteiger partial charge in [0.05, 0.1) is 0 Å². The Hall–Kier alpha value is -1.40. The van der Waals surface area contributed by atoms with Gasteiger partial charge >= 0.3 is 0 Å². The van der Waals surface area contributed by atoms with E-state index >= 15 is 0 Å². The molecule has 0 saturated carbocycles. The molecule has 1 aromatic rings. The summed E-state index contributed by atoms with van der Waals surface area (Å²) in [6, 6.07) is 2.51. The van der Waals surface area contributed by atoms with Gasteiger partial charge in [-0.25, -0.2) is 9.97 Å². The number of hydrogen-bond acceptors (Lipinski definition) is 6. The zero-order valence-electron chi connectivity index (χ0n) is 13.9. The highest BCUT2D eigenvalue weighted by Gasteiger charge is 2.07. The number of nitrogens with one attached hydrogen (secondary N) is 2. The highest BCUT2D eigenvalue weighted by Crippen LogP contribution is 2.11. The smallest absolute Gasteiger partial charge is 0.158 e. The molecule has 1 atom stereocenters. The van der Waals surface area contributed by atoms with Crippen LogP contribution >= 0.6 is 0 Å². The predicted octanol–water partition coefficient (Wildman–Crippen LogP) is 2.20. The normalized spacial score (nSPS) is 12.5. The van der Waals surface area contributed by atoms with E-state index < -0.39 is 0 Å². The van der Waals surface area contributed by atoms with Gasteiger partial charge in [-0.2, -0.15) is 0 Å². The van der Waals surface area contributed by atoms with Crippen LogP contribution in [0.3, 0.4) is 0 Å². The molecule has 1 unspecified atom stereocenters. The summed E-state index contributed by atoms with van der Waals surface area (Å²) in [5, 5.41) is 6.41. The Balaban J connectivity index is 2.57. The number of likely N-dealkylation sites (N-methyl/N-ethyl adjacent to an activating group) is 1. The fourth-order valence-corrected chi connectivity index (χ4v) is 1.87. The minimum Gasteiger partial charge on any atom is -0.374 e. The van der Waals surface area contributed by atoms with E-state index in [0.29, 0.717) is 25.1 Å². The molecule has 1 heterocycles. The average molecular weight is 295 g/mol.